The van der Waals surface area contributed by atoms with Gasteiger partial charge in [-0.3, -0.25) is 0 Å². The molecule has 0 aliphatic rings. The van der Waals surface area contributed by atoms with Gasteiger partial charge in [0.2, 0.25) is 0 Å². The predicted molar refractivity (Wildman–Crippen MR) is 107 cm³/mol. The Hall–Kier alpha value is -2.54. The second-order valence-corrected chi connectivity index (χ2v) is 7.25. The van der Waals surface area contributed by atoms with Gasteiger partial charge < -0.3 is 5.11 Å². The lowest BCUT2D eigenvalue weighted by Crippen LogP contribution is -1.93. The molecular formula is C24H26O. The number of phenols is 1. The third kappa shape index (κ3) is 3.61. The fraction of sp³-hybridized carbons (Fsp3) is 0.250. The molecule has 0 aliphatic carbocycles. The molecule has 0 atom stereocenters. The average molecular weight is 330 g/mol. The molecule has 0 unspecified atom stereocenters. The van der Waals surface area contributed by atoms with Crippen molar-refractivity contribution in [2.75, 3.05) is 0 Å². The molecule has 0 saturated carbocycles. The van der Waals surface area contributed by atoms with Crippen LogP contribution < -0.4 is 0 Å². The van der Waals surface area contributed by atoms with E-state index in [9.17, 15) is 5.11 Å². The first kappa shape index (κ1) is 17.3. The lowest BCUT2D eigenvalue weighted by molar-refractivity contribution is 0.477. The number of rotatable bonds is 4. The zero-order valence-corrected chi connectivity index (χ0v) is 15.5. The van der Waals surface area contributed by atoms with E-state index >= 15 is 0 Å². The summed E-state index contributed by atoms with van der Waals surface area (Å²) in [5.41, 5.74) is 6.90. The first-order valence-corrected chi connectivity index (χ1v) is 9.00. The summed E-state index contributed by atoms with van der Waals surface area (Å²) in [6.07, 6.45) is 0. The van der Waals surface area contributed by atoms with Gasteiger partial charge in [-0.05, 0) is 51.8 Å². The van der Waals surface area contributed by atoms with Crippen LogP contribution >= 0.6 is 0 Å². The molecule has 1 nitrogen and oxygen atoms in total. The molecule has 0 heterocycles. The van der Waals surface area contributed by atoms with Gasteiger partial charge in [0.25, 0.3) is 0 Å². The van der Waals surface area contributed by atoms with Gasteiger partial charge in [-0.25, -0.2) is 0 Å². The van der Waals surface area contributed by atoms with Gasteiger partial charge in [-0.1, -0.05) is 82.3 Å². The van der Waals surface area contributed by atoms with E-state index in [1.165, 1.54) is 16.7 Å². The molecule has 0 radical (unpaired) electrons. The quantitative estimate of drug-likeness (QED) is 0.547. The maximum absolute atomic E-state index is 10.5. The molecule has 0 spiro atoms. The Kier molecular flexibility index (Phi) is 4.94. The third-order valence-electron chi connectivity index (χ3n) is 4.78. The summed E-state index contributed by atoms with van der Waals surface area (Å²) in [4.78, 5) is 0. The zero-order chi connectivity index (χ0) is 18.0. The normalized spacial score (nSPS) is 11.3. The van der Waals surface area contributed by atoms with Gasteiger partial charge in [0, 0.05) is 5.56 Å². The van der Waals surface area contributed by atoms with E-state index in [0.29, 0.717) is 17.6 Å². The summed E-state index contributed by atoms with van der Waals surface area (Å²) in [5.74, 6) is 1.27. The van der Waals surface area contributed by atoms with Crippen molar-refractivity contribution in [2.24, 2.45) is 0 Å². The van der Waals surface area contributed by atoms with Crippen LogP contribution in [0, 0.1) is 0 Å². The first-order valence-electron chi connectivity index (χ1n) is 9.00. The molecule has 0 fully saturated rings. The van der Waals surface area contributed by atoms with Gasteiger partial charge in [0.1, 0.15) is 5.75 Å². The zero-order valence-electron chi connectivity index (χ0n) is 15.5. The molecule has 0 bridgehead atoms. The second-order valence-electron chi connectivity index (χ2n) is 7.25. The van der Waals surface area contributed by atoms with Crippen LogP contribution in [0.25, 0.3) is 22.3 Å². The molecular weight excluding hydrogens is 304 g/mol. The molecule has 3 aromatic carbocycles. The second kappa shape index (κ2) is 7.14. The molecule has 1 heteroatoms. The molecule has 0 saturated heterocycles. The molecule has 25 heavy (non-hydrogen) atoms. The minimum atomic E-state index is 0.329. The van der Waals surface area contributed by atoms with Crippen molar-refractivity contribution < 1.29 is 5.11 Å². The highest BCUT2D eigenvalue weighted by molar-refractivity contribution is 5.79. The van der Waals surface area contributed by atoms with Crippen LogP contribution in [0.5, 0.6) is 5.75 Å². The van der Waals surface area contributed by atoms with Crippen LogP contribution in [0.4, 0.5) is 0 Å². The van der Waals surface area contributed by atoms with E-state index in [-0.39, 0.29) is 0 Å². The highest BCUT2D eigenvalue weighted by Gasteiger charge is 2.13. The SMILES string of the molecule is CC(C)c1ccc(-c2ccc(O)c(-c3ccccc3C(C)C)c2)cc1. The van der Waals surface area contributed by atoms with Gasteiger partial charge in [-0.15, -0.1) is 0 Å². The highest BCUT2D eigenvalue weighted by atomic mass is 16.3. The van der Waals surface area contributed by atoms with E-state index in [2.05, 4.69) is 76.2 Å². The number of hydrogen-bond donors (Lipinski definition) is 1. The van der Waals surface area contributed by atoms with Crippen molar-refractivity contribution in [1.29, 1.82) is 0 Å². The Morgan fingerprint density at radius 3 is 1.92 bits per heavy atom. The smallest absolute Gasteiger partial charge is 0.123 e. The topological polar surface area (TPSA) is 20.2 Å². The molecule has 3 aromatic rings. The Bertz CT molecular complexity index is 858. The Morgan fingerprint density at radius 1 is 0.640 bits per heavy atom. The molecule has 1 N–H and O–H groups in total. The minimum Gasteiger partial charge on any atom is -0.507 e. The van der Waals surface area contributed by atoms with E-state index in [0.717, 1.165) is 16.7 Å². The monoisotopic (exact) mass is 330 g/mol. The summed E-state index contributed by atoms with van der Waals surface area (Å²) in [6, 6.07) is 22.9. The lowest BCUT2D eigenvalue weighted by atomic mass is 9.90. The Balaban J connectivity index is 2.07. The largest absolute Gasteiger partial charge is 0.507 e. The number of benzene rings is 3. The van der Waals surface area contributed by atoms with E-state index < -0.39 is 0 Å². The molecule has 0 amide bonds. The summed E-state index contributed by atoms with van der Waals surface area (Å²) >= 11 is 0. The fourth-order valence-corrected chi connectivity index (χ4v) is 3.24. The number of phenolic OH excluding ortho intramolecular Hbond substituents is 1. The van der Waals surface area contributed by atoms with Crippen LogP contribution in [-0.4, -0.2) is 5.11 Å². The minimum absolute atomic E-state index is 0.329. The Labute approximate surface area is 151 Å². The molecule has 3 rings (SSSR count). The molecule has 0 aromatic heterocycles. The number of aromatic hydroxyl groups is 1. The maximum Gasteiger partial charge on any atom is 0.123 e. The summed E-state index contributed by atoms with van der Waals surface area (Å²) in [5, 5.41) is 10.5. The third-order valence-corrected chi connectivity index (χ3v) is 4.78. The summed E-state index contributed by atoms with van der Waals surface area (Å²) in [7, 11) is 0. The van der Waals surface area contributed by atoms with Crippen LogP contribution in [0.2, 0.25) is 0 Å². The van der Waals surface area contributed by atoms with E-state index in [4.69, 9.17) is 0 Å². The lowest BCUT2D eigenvalue weighted by Gasteiger charge is -2.15. The van der Waals surface area contributed by atoms with Crippen molar-refractivity contribution >= 4 is 0 Å². The predicted octanol–water partition coefficient (Wildman–Crippen LogP) is 6.97. The van der Waals surface area contributed by atoms with Crippen LogP contribution in [0.15, 0.2) is 66.7 Å². The maximum atomic E-state index is 10.5. The van der Waals surface area contributed by atoms with Crippen molar-refractivity contribution in [2.45, 2.75) is 39.5 Å². The van der Waals surface area contributed by atoms with E-state index in [1.807, 2.05) is 12.1 Å². The standard InChI is InChI=1S/C24H26O/c1-16(2)18-9-11-19(12-10-18)20-13-14-24(25)23(15-20)22-8-6-5-7-21(22)17(3)4/h5-17,25H,1-4H3. The molecule has 0 aliphatic heterocycles. The van der Waals surface area contributed by atoms with Crippen molar-refractivity contribution in [3.05, 3.63) is 77.9 Å². The van der Waals surface area contributed by atoms with Gasteiger partial charge in [-0.2, -0.15) is 0 Å². The van der Waals surface area contributed by atoms with Crippen LogP contribution in [0.3, 0.4) is 0 Å². The first-order chi connectivity index (χ1) is 12.0. The number of hydrogen-bond acceptors (Lipinski definition) is 1. The molecule has 128 valence electrons. The van der Waals surface area contributed by atoms with Crippen molar-refractivity contribution in [3.8, 4) is 28.0 Å². The van der Waals surface area contributed by atoms with Gasteiger partial charge >= 0.3 is 0 Å². The van der Waals surface area contributed by atoms with E-state index in [1.54, 1.807) is 6.07 Å². The fourth-order valence-electron chi connectivity index (χ4n) is 3.24. The van der Waals surface area contributed by atoms with Crippen LogP contribution in [-0.2, 0) is 0 Å². The highest BCUT2D eigenvalue weighted by Crippen LogP contribution is 2.37. The van der Waals surface area contributed by atoms with Crippen LogP contribution in [0.1, 0.15) is 50.7 Å². The average Bonchev–Trinajstić information content (AvgIpc) is 2.62. The summed E-state index contributed by atoms with van der Waals surface area (Å²) in [6.45, 7) is 8.78. The van der Waals surface area contributed by atoms with Crippen molar-refractivity contribution in [3.63, 3.8) is 0 Å². The summed E-state index contributed by atoms with van der Waals surface area (Å²) < 4.78 is 0. The Morgan fingerprint density at radius 2 is 1.28 bits per heavy atom. The van der Waals surface area contributed by atoms with Gasteiger partial charge in [0.05, 0.1) is 0 Å². The van der Waals surface area contributed by atoms with Crippen molar-refractivity contribution in [1.82, 2.24) is 0 Å². The van der Waals surface area contributed by atoms with Gasteiger partial charge in [0.15, 0.2) is 0 Å².